The van der Waals surface area contributed by atoms with Crippen LogP contribution in [0, 0.1) is 6.92 Å². The van der Waals surface area contributed by atoms with Crippen LogP contribution in [-0.2, 0) is 20.0 Å². The number of aryl methyl sites for hydroxylation is 1. The topological polar surface area (TPSA) is 58.5 Å². The molecule has 2 aromatic heterocycles. The van der Waals surface area contributed by atoms with Crippen LogP contribution < -0.4 is 9.88 Å². The van der Waals surface area contributed by atoms with Gasteiger partial charge in [0.15, 0.2) is 0 Å². The van der Waals surface area contributed by atoms with Crippen LogP contribution in [0.15, 0.2) is 52.7 Å². The van der Waals surface area contributed by atoms with Gasteiger partial charge in [-0.1, -0.05) is 6.92 Å². The Bertz CT molecular complexity index is 851. The molecule has 0 fully saturated rings. The van der Waals surface area contributed by atoms with Crippen molar-refractivity contribution in [1.82, 2.24) is 9.55 Å². The van der Waals surface area contributed by atoms with E-state index in [0.29, 0.717) is 5.13 Å². The lowest BCUT2D eigenvalue weighted by molar-refractivity contribution is -0.671. The Morgan fingerprint density at radius 2 is 2.20 bits per heavy atom. The van der Waals surface area contributed by atoms with E-state index in [4.69, 9.17) is 0 Å². The monoisotopic (exact) mass is 355 g/mol. The van der Waals surface area contributed by atoms with E-state index < -0.39 is 0 Å². The summed E-state index contributed by atoms with van der Waals surface area (Å²) in [5.41, 5.74) is 4.52. The molecule has 0 aliphatic carbocycles. The van der Waals surface area contributed by atoms with Gasteiger partial charge in [0.2, 0.25) is 11.5 Å². The second-order valence-corrected chi connectivity index (χ2v) is 6.72. The molecular weight excluding hydrogens is 332 g/mol. The van der Waals surface area contributed by atoms with Crippen LogP contribution in [0.3, 0.4) is 0 Å². The highest BCUT2D eigenvalue weighted by atomic mass is 32.1. The average molecular weight is 355 g/mol. The van der Waals surface area contributed by atoms with Gasteiger partial charge in [-0.15, -0.1) is 21.6 Å². The molecule has 7 heteroatoms. The summed E-state index contributed by atoms with van der Waals surface area (Å²) in [5.74, 6) is 0. The minimum Gasteiger partial charge on any atom is -0.381 e. The number of nitrogens with one attached hydrogen (secondary N) is 1. The van der Waals surface area contributed by atoms with E-state index in [1.54, 1.807) is 6.20 Å². The zero-order valence-corrected chi connectivity index (χ0v) is 15.6. The molecule has 0 unspecified atom stereocenters. The molecule has 3 aromatic rings. The average Bonchev–Trinajstić information content (AvgIpc) is 3.26. The lowest BCUT2D eigenvalue weighted by Gasteiger charge is -2.14. The molecule has 0 aliphatic rings. The molecule has 1 N–H and O–H groups in total. The largest absolute Gasteiger partial charge is 0.381 e. The Morgan fingerprint density at radius 3 is 2.88 bits per heavy atom. The zero-order chi connectivity index (χ0) is 17.6. The van der Waals surface area contributed by atoms with Crippen molar-refractivity contribution < 1.29 is 4.57 Å². The van der Waals surface area contributed by atoms with Gasteiger partial charge in [-0.2, -0.15) is 0 Å². The number of hydrogen-bond donors (Lipinski definition) is 1. The van der Waals surface area contributed by atoms with Gasteiger partial charge in [0, 0.05) is 17.3 Å². The smallest absolute Gasteiger partial charge is 0.243 e. The summed E-state index contributed by atoms with van der Waals surface area (Å²) in [7, 11) is 2.03. The van der Waals surface area contributed by atoms with E-state index in [9.17, 15) is 0 Å². The normalized spacial score (nSPS) is 11.3. The van der Waals surface area contributed by atoms with E-state index in [1.807, 2.05) is 29.3 Å². The number of nitrogens with zero attached hydrogens (tertiary/aromatic N) is 5. The standard InChI is InChI=1S/C18H23N6S/c1-4-15-14(2)16(21-22-18-20-8-12-25-18)5-6-17(15)19-7-9-24-11-10-23(3)13-24/h5-6,8,10-13,19H,4,7,9H2,1-3H3/q+1. The maximum atomic E-state index is 4.37. The van der Waals surface area contributed by atoms with Crippen LogP contribution in [0.4, 0.5) is 16.5 Å². The lowest BCUT2D eigenvalue weighted by Crippen LogP contribution is -2.24. The first-order valence-corrected chi connectivity index (χ1v) is 9.24. The molecule has 1 aromatic carbocycles. The Hall–Kier alpha value is -2.54. The Morgan fingerprint density at radius 1 is 1.32 bits per heavy atom. The van der Waals surface area contributed by atoms with Crippen molar-refractivity contribution in [1.29, 1.82) is 0 Å². The minimum atomic E-state index is 0.680. The van der Waals surface area contributed by atoms with Crippen LogP contribution in [0.25, 0.3) is 0 Å². The van der Waals surface area contributed by atoms with E-state index in [0.717, 1.165) is 25.2 Å². The predicted molar refractivity (Wildman–Crippen MR) is 101 cm³/mol. The first-order valence-electron chi connectivity index (χ1n) is 8.36. The molecule has 0 bridgehead atoms. The highest BCUT2D eigenvalue weighted by molar-refractivity contribution is 7.13. The summed E-state index contributed by atoms with van der Waals surface area (Å²) in [4.78, 5) is 4.13. The van der Waals surface area contributed by atoms with Crippen LogP contribution in [-0.4, -0.2) is 16.1 Å². The van der Waals surface area contributed by atoms with Gasteiger partial charge >= 0.3 is 0 Å². The van der Waals surface area contributed by atoms with Gasteiger partial charge < -0.3 is 5.32 Å². The number of aromatic nitrogens is 3. The van der Waals surface area contributed by atoms with Gasteiger partial charge in [0.1, 0.15) is 18.9 Å². The van der Waals surface area contributed by atoms with Crippen molar-refractivity contribution in [3.63, 3.8) is 0 Å². The van der Waals surface area contributed by atoms with E-state index >= 15 is 0 Å². The number of imidazole rings is 1. The number of rotatable bonds is 7. The van der Waals surface area contributed by atoms with Crippen molar-refractivity contribution >= 4 is 27.8 Å². The van der Waals surface area contributed by atoms with Crippen molar-refractivity contribution in [3.8, 4) is 0 Å². The molecule has 0 radical (unpaired) electrons. The maximum Gasteiger partial charge on any atom is 0.243 e. The van der Waals surface area contributed by atoms with Crippen LogP contribution in [0.1, 0.15) is 18.1 Å². The highest BCUT2D eigenvalue weighted by Crippen LogP contribution is 2.30. The van der Waals surface area contributed by atoms with Crippen molar-refractivity contribution in [2.24, 2.45) is 17.3 Å². The molecule has 6 nitrogen and oxygen atoms in total. The molecule has 3 rings (SSSR count). The van der Waals surface area contributed by atoms with E-state index in [1.165, 1.54) is 28.2 Å². The molecule has 0 atom stereocenters. The van der Waals surface area contributed by atoms with E-state index in [2.05, 4.69) is 57.5 Å². The van der Waals surface area contributed by atoms with E-state index in [-0.39, 0.29) is 0 Å². The first-order chi connectivity index (χ1) is 12.2. The third-order valence-electron chi connectivity index (χ3n) is 4.10. The van der Waals surface area contributed by atoms with Crippen molar-refractivity contribution in [3.05, 3.63) is 53.6 Å². The lowest BCUT2D eigenvalue weighted by atomic mass is 10.0. The Balaban J connectivity index is 1.70. The molecule has 0 saturated carbocycles. The molecule has 0 saturated heterocycles. The fourth-order valence-corrected chi connectivity index (χ4v) is 3.24. The molecule has 0 amide bonds. The predicted octanol–water partition coefficient (Wildman–Crippen LogP) is 4.17. The van der Waals surface area contributed by atoms with Crippen molar-refractivity contribution in [2.45, 2.75) is 26.8 Å². The van der Waals surface area contributed by atoms with Gasteiger partial charge in [0.05, 0.1) is 19.3 Å². The third-order valence-corrected chi connectivity index (χ3v) is 4.75. The summed E-state index contributed by atoms with van der Waals surface area (Å²) < 4.78 is 4.21. The second kappa shape index (κ2) is 8.02. The fraction of sp³-hybridized carbons (Fsp3) is 0.333. The number of thiazole rings is 1. The molecular formula is C18H23N6S+. The zero-order valence-electron chi connectivity index (χ0n) is 14.8. The second-order valence-electron chi connectivity index (χ2n) is 5.85. The van der Waals surface area contributed by atoms with Gasteiger partial charge in [-0.3, -0.25) is 0 Å². The quantitative estimate of drug-likeness (QED) is 0.511. The minimum absolute atomic E-state index is 0.680. The summed E-state index contributed by atoms with van der Waals surface area (Å²) in [6, 6.07) is 4.11. The highest BCUT2D eigenvalue weighted by Gasteiger charge is 2.09. The van der Waals surface area contributed by atoms with Crippen LogP contribution in [0.5, 0.6) is 0 Å². The van der Waals surface area contributed by atoms with Gasteiger partial charge in [0.25, 0.3) is 0 Å². The molecule has 25 heavy (non-hydrogen) atoms. The molecule has 2 heterocycles. The maximum absolute atomic E-state index is 4.37. The number of azo groups is 1. The molecule has 130 valence electrons. The summed E-state index contributed by atoms with van der Waals surface area (Å²) in [5, 5.41) is 14.7. The number of benzene rings is 1. The summed E-state index contributed by atoms with van der Waals surface area (Å²) in [6.45, 7) is 6.07. The van der Waals surface area contributed by atoms with Crippen LogP contribution in [0.2, 0.25) is 0 Å². The number of anilines is 1. The Labute approximate surface area is 151 Å². The van der Waals surface area contributed by atoms with Crippen LogP contribution >= 0.6 is 11.3 Å². The SMILES string of the molecule is CCc1c(NCCn2cc[n+](C)c2)ccc(N=Nc2nccs2)c1C. The van der Waals surface area contributed by atoms with Crippen molar-refractivity contribution in [2.75, 3.05) is 11.9 Å². The van der Waals surface area contributed by atoms with Gasteiger partial charge in [-0.05, 0) is 36.6 Å². The molecule has 0 spiro atoms. The third kappa shape index (κ3) is 4.30. The fourth-order valence-electron chi connectivity index (χ4n) is 2.79. The summed E-state index contributed by atoms with van der Waals surface area (Å²) >= 11 is 1.48. The first kappa shape index (κ1) is 17.3. The van der Waals surface area contributed by atoms with Gasteiger partial charge in [-0.25, -0.2) is 14.1 Å². The molecule has 0 aliphatic heterocycles. The Kier molecular flexibility index (Phi) is 5.55. The number of hydrogen-bond acceptors (Lipinski definition) is 5. The summed E-state index contributed by atoms with van der Waals surface area (Å²) in [6.07, 6.45) is 8.89.